The molecule has 0 unspecified atom stereocenters. The number of pyridine rings is 12. The van der Waals surface area contributed by atoms with Crippen molar-refractivity contribution in [2.24, 2.45) is 20.0 Å². The van der Waals surface area contributed by atoms with E-state index in [1.165, 1.54) is 0 Å². The summed E-state index contributed by atoms with van der Waals surface area (Å²) < 4.78 is 0. The van der Waals surface area contributed by atoms with Crippen LogP contribution in [0.15, 0.2) is 363 Å². The Bertz CT molecular complexity index is 5200. The van der Waals surface area contributed by atoms with Gasteiger partial charge in [0.2, 0.25) is 0 Å². The average Bonchev–Trinajstić information content (AvgIpc) is 0.777. The molecule has 16 aromatic rings. The maximum atomic E-state index is 5.26. The fourth-order valence-corrected chi connectivity index (χ4v) is 12.7. The van der Waals surface area contributed by atoms with Crippen molar-refractivity contribution < 1.29 is 0 Å². The van der Waals surface area contributed by atoms with Crippen LogP contribution >= 0.6 is 0 Å². The smallest absolute Gasteiger partial charge is 0.0914 e. The van der Waals surface area contributed by atoms with Gasteiger partial charge in [0.25, 0.3) is 0 Å². The second-order valence-electron chi connectivity index (χ2n) is 24.5. The van der Waals surface area contributed by atoms with Crippen molar-refractivity contribution in [2.45, 2.75) is 0 Å². The third kappa shape index (κ3) is 13.3. The molecule has 488 valence electrons. The topological polar surface area (TPSA) is 204 Å². The van der Waals surface area contributed by atoms with E-state index in [2.05, 4.69) is 181 Å². The van der Waals surface area contributed by atoms with Gasteiger partial charge in [-0.3, -0.25) is 59.8 Å². The van der Waals surface area contributed by atoms with E-state index >= 15 is 0 Å². The van der Waals surface area contributed by atoms with Crippen molar-refractivity contribution in [3.05, 3.63) is 387 Å². The summed E-state index contributed by atoms with van der Waals surface area (Å²) in [7, 11) is 0. The van der Waals surface area contributed by atoms with Gasteiger partial charge in [-0.2, -0.15) is 0 Å². The van der Waals surface area contributed by atoms with Crippen molar-refractivity contribution >= 4 is 45.6 Å². The summed E-state index contributed by atoms with van der Waals surface area (Å²) in [4.78, 5) is 74.4. The van der Waals surface area contributed by atoms with Gasteiger partial charge >= 0.3 is 0 Å². The van der Waals surface area contributed by atoms with Gasteiger partial charge in [-0.05, 0) is 107 Å². The SMILES string of the molecule is c1ccc(-c2cncc(-c3ccc(C4=Nc5cnccc5C(c5ccc(-c6cncc(-c7ccccn7)c6)cc5)=Nc5cnccc54)cc3)c2)nc1.c1cncc(-c2cncc(-c3ccc(C4=Nc5cnccc5C(c5ccc(-c6cncc(-c7cccnc7)c6)cc5)=Nc5cnccc54)cc3)c2)c1. The lowest BCUT2D eigenvalue weighted by atomic mass is 9.95. The van der Waals surface area contributed by atoms with Gasteiger partial charge < -0.3 is 0 Å². The highest BCUT2D eigenvalue weighted by molar-refractivity contribution is 6.24. The maximum absolute atomic E-state index is 5.26. The first-order valence-electron chi connectivity index (χ1n) is 33.5. The Hall–Kier alpha value is -14.6. The van der Waals surface area contributed by atoms with Crippen molar-refractivity contribution in [3.8, 4) is 89.3 Å². The first kappa shape index (κ1) is 62.8. The fraction of sp³-hybridized carbons (Fsp3) is 0. The highest BCUT2D eigenvalue weighted by Gasteiger charge is 2.24. The van der Waals surface area contributed by atoms with E-state index in [-0.39, 0.29) is 0 Å². The first-order chi connectivity index (χ1) is 51.5. The maximum Gasteiger partial charge on any atom is 0.0914 e. The Morgan fingerprint density at radius 1 is 0.154 bits per heavy atom. The largest absolute Gasteiger partial charge is 0.264 e. The van der Waals surface area contributed by atoms with Crippen LogP contribution in [-0.2, 0) is 0 Å². The molecule has 12 aromatic heterocycles. The van der Waals surface area contributed by atoms with Crippen LogP contribution < -0.4 is 0 Å². The first-order valence-corrected chi connectivity index (χ1v) is 33.5. The number of aliphatic imine (C=N–C) groups is 4. The molecule has 0 aliphatic carbocycles. The summed E-state index contributed by atoms with van der Waals surface area (Å²) in [6, 6.07) is 69.6. The van der Waals surface area contributed by atoms with Crippen LogP contribution in [0.3, 0.4) is 0 Å². The van der Waals surface area contributed by atoms with Crippen LogP contribution in [0.5, 0.6) is 0 Å². The van der Waals surface area contributed by atoms with Crippen LogP contribution in [0.2, 0.25) is 0 Å². The number of hydrogen-bond donors (Lipinski definition) is 0. The Balaban J connectivity index is 0.000000154. The van der Waals surface area contributed by atoms with Gasteiger partial charge in [0.15, 0.2) is 0 Å². The normalized spacial score (nSPS) is 12.1. The van der Waals surface area contributed by atoms with Crippen molar-refractivity contribution in [3.63, 3.8) is 0 Å². The minimum Gasteiger partial charge on any atom is -0.264 e. The highest BCUT2D eigenvalue weighted by atomic mass is 14.9. The molecule has 16 heteroatoms. The van der Waals surface area contributed by atoms with Crippen molar-refractivity contribution in [1.82, 2.24) is 59.8 Å². The van der Waals surface area contributed by atoms with Gasteiger partial charge in [0.05, 0.1) is 81.8 Å². The molecule has 104 heavy (non-hydrogen) atoms. The van der Waals surface area contributed by atoms with Gasteiger partial charge in [-0.25, -0.2) is 20.0 Å². The van der Waals surface area contributed by atoms with E-state index in [9.17, 15) is 0 Å². The Morgan fingerprint density at radius 3 is 0.673 bits per heavy atom. The lowest BCUT2D eigenvalue weighted by molar-refractivity contribution is 1.26. The molecule has 0 fully saturated rings. The lowest BCUT2D eigenvalue weighted by Crippen LogP contribution is -2.10. The van der Waals surface area contributed by atoms with Crippen LogP contribution in [0, 0.1) is 0 Å². The monoisotopic (exact) mass is 1340 g/mol. The predicted octanol–water partition coefficient (Wildman–Crippen LogP) is 18.8. The number of hydrogen-bond acceptors (Lipinski definition) is 16. The average molecular weight is 1340 g/mol. The summed E-state index contributed by atoms with van der Waals surface area (Å²) >= 11 is 0. The van der Waals surface area contributed by atoms with Crippen LogP contribution in [0.4, 0.5) is 22.7 Å². The third-order valence-electron chi connectivity index (χ3n) is 18.0. The van der Waals surface area contributed by atoms with Crippen LogP contribution in [0.1, 0.15) is 44.5 Å². The zero-order valence-corrected chi connectivity index (χ0v) is 55.5. The molecule has 0 N–H and O–H groups in total. The molecular weight excluding hydrogens is 1280 g/mol. The predicted molar refractivity (Wildman–Crippen MR) is 410 cm³/mol. The Labute approximate surface area is 598 Å². The van der Waals surface area contributed by atoms with E-state index in [1.807, 2.05) is 147 Å². The summed E-state index contributed by atoms with van der Waals surface area (Å²) in [5, 5.41) is 0. The second-order valence-corrected chi connectivity index (χ2v) is 24.5. The standard InChI is InChI=1S/2C44H28N8/c1-3-33(21-45-15-1)37-19-35(23-49-25-37)29-5-9-31(10-6-29)43-39-13-17-47-27-41(39)52-44(40-14-18-48-28-42(40)51-43)32-11-7-30(8-12-32)36-20-38(26-50-24-36)34-4-2-16-46-22-34;1-3-17-49-39(5-1)35-21-33(23-47-25-35)29-7-11-31(12-8-29)43-37-15-19-45-27-41(37)52-44(38-16-20-46-28-42(38)51-43)32-13-9-30(10-14-32)34-22-36(26-48-24-34)40-6-2-4-18-50-40/h2*1-28H. The number of rotatable bonds is 12. The zero-order chi connectivity index (χ0) is 69.4. The molecule has 4 aromatic carbocycles. The Morgan fingerprint density at radius 2 is 0.404 bits per heavy atom. The van der Waals surface area contributed by atoms with Gasteiger partial charge in [-0.15, -0.1) is 0 Å². The van der Waals surface area contributed by atoms with Crippen molar-refractivity contribution in [2.75, 3.05) is 0 Å². The number of benzene rings is 4. The number of fused-ring (bicyclic) bond motifs is 4. The third-order valence-corrected chi connectivity index (χ3v) is 18.0. The van der Waals surface area contributed by atoms with E-state index in [0.29, 0.717) is 0 Å². The molecule has 2 aliphatic heterocycles. The molecule has 0 spiro atoms. The van der Waals surface area contributed by atoms with Gasteiger partial charge in [0.1, 0.15) is 0 Å². The molecule has 0 atom stereocenters. The molecule has 0 amide bonds. The number of aromatic nitrogens is 12. The van der Waals surface area contributed by atoms with Crippen LogP contribution in [-0.4, -0.2) is 82.7 Å². The van der Waals surface area contributed by atoms with Gasteiger partial charge in [0, 0.05) is 212 Å². The minimum absolute atomic E-state index is 0.728. The number of nitrogens with zero attached hydrogens (tertiary/aromatic N) is 16. The lowest BCUT2D eigenvalue weighted by Gasteiger charge is -2.18. The molecule has 0 saturated heterocycles. The zero-order valence-electron chi connectivity index (χ0n) is 55.5. The molecule has 16 nitrogen and oxygen atoms in total. The molecular formula is C88H56N16. The molecule has 0 bridgehead atoms. The second kappa shape index (κ2) is 28.7. The Kier molecular flexibility index (Phi) is 17.3. The minimum atomic E-state index is 0.728. The van der Waals surface area contributed by atoms with E-state index in [0.717, 1.165) is 179 Å². The molecule has 2 aliphatic rings. The van der Waals surface area contributed by atoms with E-state index < -0.39 is 0 Å². The van der Waals surface area contributed by atoms with Gasteiger partial charge in [-0.1, -0.05) is 121 Å². The molecule has 0 radical (unpaired) electrons. The summed E-state index contributed by atoms with van der Waals surface area (Å²) in [5.41, 5.74) is 29.4. The molecule has 0 saturated carbocycles. The quantitative estimate of drug-likeness (QED) is 0.112. The summed E-state index contributed by atoms with van der Waals surface area (Å²) in [6.07, 6.45) is 40.0. The highest BCUT2D eigenvalue weighted by Crippen LogP contribution is 2.38. The fourth-order valence-electron chi connectivity index (χ4n) is 12.7. The summed E-state index contributed by atoms with van der Waals surface area (Å²) in [5.74, 6) is 0. The van der Waals surface area contributed by atoms with Crippen LogP contribution in [0.25, 0.3) is 89.3 Å². The summed E-state index contributed by atoms with van der Waals surface area (Å²) in [6.45, 7) is 0. The van der Waals surface area contributed by atoms with E-state index in [1.54, 1.807) is 74.4 Å². The van der Waals surface area contributed by atoms with E-state index in [4.69, 9.17) is 20.0 Å². The van der Waals surface area contributed by atoms with Crippen molar-refractivity contribution in [1.29, 1.82) is 0 Å². The molecule has 18 rings (SSSR count). The molecule has 14 heterocycles.